The van der Waals surface area contributed by atoms with Crippen molar-refractivity contribution in [1.82, 2.24) is 5.32 Å². The molecule has 7 nitrogen and oxygen atoms in total. The van der Waals surface area contributed by atoms with Crippen LogP contribution in [0.1, 0.15) is 18.5 Å². The van der Waals surface area contributed by atoms with Gasteiger partial charge in [-0.05, 0) is 24.6 Å². The lowest BCUT2D eigenvalue weighted by molar-refractivity contribution is -0.137. The minimum absolute atomic E-state index is 0.0170. The van der Waals surface area contributed by atoms with E-state index in [9.17, 15) is 18.0 Å². The van der Waals surface area contributed by atoms with E-state index in [1.807, 2.05) is 0 Å². The van der Waals surface area contributed by atoms with Gasteiger partial charge in [-0.1, -0.05) is 12.1 Å². The highest BCUT2D eigenvalue weighted by Gasteiger charge is 2.12. The number of thioether (sulfide) groups is 1. The number of ether oxygens (including phenoxy) is 1. The van der Waals surface area contributed by atoms with Gasteiger partial charge >= 0.3 is 5.97 Å². The molecule has 1 atom stereocenters. The Bertz CT molecular complexity index is 628. The molecule has 0 saturated carbocycles. The maximum Gasteiger partial charge on any atom is 0.315 e. The number of nitrogens with one attached hydrogen (secondary N) is 1. The zero-order valence-electron chi connectivity index (χ0n) is 12.2. The Labute approximate surface area is 133 Å². The molecular weight excluding hydrogens is 328 g/mol. The fourth-order valence-corrected chi connectivity index (χ4v) is 2.77. The summed E-state index contributed by atoms with van der Waals surface area (Å²) in [4.78, 5) is 22.7. The van der Waals surface area contributed by atoms with Crippen molar-refractivity contribution in [2.75, 3.05) is 18.6 Å². The molecule has 1 aromatic rings. The Kier molecular flexibility index (Phi) is 6.85. The van der Waals surface area contributed by atoms with Gasteiger partial charge in [-0.25, -0.2) is 13.6 Å². The number of amides is 1. The molecule has 0 aliphatic rings. The van der Waals surface area contributed by atoms with Crippen molar-refractivity contribution in [3.05, 3.63) is 29.8 Å². The van der Waals surface area contributed by atoms with Crippen LogP contribution in [-0.4, -0.2) is 38.9 Å². The maximum absolute atomic E-state index is 11.7. The van der Waals surface area contributed by atoms with Gasteiger partial charge in [-0.15, -0.1) is 11.8 Å². The first-order chi connectivity index (χ1) is 10.2. The number of primary sulfonamides is 1. The lowest BCUT2D eigenvalue weighted by Crippen LogP contribution is -2.28. The van der Waals surface area contributed by atoms with Gasteiger partial charge in [0.2, 0.25) is 15.9 Å². The largest absolute Gasteiger partial charge is 0.468 e. The monoisotopic (exact) mass is 346 g/mol. The van der Waals surface area contributed by atoms with Gasteiger partial charge in [0, 0.05) is 0 Å². The van der Waals surface area contributed by atoms with Crippen molar-refractivity contribution in [3.63, 3.8) is 0 Å². The van der Waals surface area contributed by atoms with Crippen LogP contribution in [0.5, 0.6) is 0 Å². The Hall–Kier alpha value is -1.58. The molecule has 9 heteroatoms. The Morgan fingerprint density at radius 2 is 1.86 bits per heavy atom. The van der Waals surface area contributed by atoms with Crippen LogP contribution >= 0.6 is 11.8 Å². The van der Waals surface area contributed by atoms with E-state index in [-0.39, 0.29) is 34.3 Å². The second-order valence-corrected chi connectivity index (χ2v) is 7.02. The molecule has 1 unspecified atom stereocenters. The van der Waals surface area contributed by atoms with Crippen molar-refractivity contribution < 1.29 is 22.7 Å². The van der Waals surface area contributed by atoms with E-state index >= 15 is 0 Å². The van der Waals surface area contributed by atoms with Crippen LogP contribution in [0.3, 0.4) is 0 Å². The number of benzene rings is 1. The van der Waals surface area contributed by atoms with Crippen molar-refractivity contribution in [2.24, 2.45) is 5.14 Å². The summed E-state index contributed by atoms with van der Waals surface area (Å²) >= 11 is 1.15. The molecule has 3 N–H and O–H groups in total. The van der Waals surface area contributed by atoms with Gasteiger partial charge in [0.15, 0.2) is 0 Å². The highest BCUT2D eigenvalue weighted by molar-refractivity contribution is 8.00. The van der Waals surface area contributed by atoms with Crippen molar-refractivity contribution >= 4 is 33.7 Å². The van der Waals surface area contributed by atoms with Crippen LogP contribution in [0.2, 0.25) is 0 Å². The third kappa shape index (κ3) is 6.04. The molecule has 22 heavy (non-hydrogen) atoms. The van der Waals surface area contributed by atoms with Crippen molar-refractivity contribution in [3.8, 4) is 0 Å². The SMILES string of the molecule is COC(=O)CSCC(=O)NC(C)c1ccc(S(N)(=O)=O)cc1. The molecule has 0 aliphatic heterocycles. The van der Waals surface area contributed by atoms with Crippen LogP contribution in [-0.2, 0) is 24.3 Å². The molecule has 0 aromatic heterocycles. The molecule has 1 rings (SSSR count). The first kappa shape index (κ1) is 18.5. The Morgan fingerprint density at radius 3 is 2.36 bits per heavy atom. The smallest absolute Gasteiger partial charge is 0.315 e. The summed E-state index contributed by atoms with van der Waals surface area (Å²) in [5.74, 6) is -0.364. The number of carbonyl (C=O) groups excluding carboxylic acids is 2. The van der Waals surface area contributed by atoms with Crippen LogP contribution in [0, 0.1) is 0 Å². The molecule has 0 spiro atoms. The predicted octanol–water partition coefficient (Wildman–Crippen LogP) is 0.417. The molecule has 0 radical (unpaired) electrons. The average Bonchev–Trinajstić information content (AvgIpc) is 2.46. The maximum atomic E-state index is 11.7. The highest BCUT2D eigenvalue weighted by Crippen LogP contribution is 2.15. The molecule has 1 amide bonds. The quantitative estimate of drug-likeness (QED) is 0.691. The number of rotatable bonds is 7. The molecule has 122 valence electrons. The zero-order valence-corrected chi connectivity index (χ0v) is 13.9. The third-order valence-electron chi connectivity index (χ3n) is 2.77. The number of methoxy groups -OCH3 is 1. The van der Waals surface area contributed by atoms with E-state index in [1.54, 1.807) is 19.1 Å². The fourth-order valence-electron chi connectivity index (χ4n) is 1.60. The summed E-state index contributed by atoms with van der Waals surface area (Å²) in [7, 11) is -2.44. The topological polar surface area (TPSA) is 116 Å². The van der Waals surface area contributed by atoms with Gasteiger partial charge in [0.05, 0.1) is 29.6 Å². The Morgan fingerprint density at radius 1 is 1.27 bits per heavy atom. The van der Waals surface area contributed by atoms with E-state index in [0.29, 0.717) is 0 Å². The van der Waals surface area contributed by atoms with Gasteiger partial charge < -0.3 is 10.1 Å². The lowest BCUT2D eigenvalue weighted by atomic mass is 10.1. The summed E-state index contributed by atoms with van der Waals surface area (Å²) in [6.45, 7) is 1.77. The van der Waals surface area contributed by atoms with E-state index in [4.69, 9.17) is 5.14 Å². The first-order valence-corrected chi connectivity index (χ1v) is 9.01. The highest BCUT2D eigenvalue weighted by atomic mass is 32.2. The van der Waals surface area contributed by atoms with E-state index in [2.05, 4.69) is 10.1 Å². The van der Waals surface area contributed by atoms with Crippen LogP contribution in [0.4, 0.5) is 0 Å². The third-order valence-corrected chi connectivity index (χ3v) is 4.60. The average molecular weight is 346 g/mol. The number of carbonyl (C=O) groups is 2. The lowest BCUT2D eigenvalue weighted by Gasteiger charge is -2.14. The number of sulfonamides is 1. The number of hydrogen-bond acceptors (Lipinski definition) is 6. The fraction of sp³-hybridized carbons (Fsp3) is 0.385. The van der Waals surface area contributed by atoms with E-state index < -0.39 is 10.0 Å². The standard InChI is InChI=1S/C13H18N2O5S2/c1-9(15-12(16)7-21-8-13(17)20-2)10-3-5-11(6-4-10)22(14,18)19/h3-6,9H,7-8H2,1-2H3,(H,15,16)(H2,14,18,19). The summed E-state index contributed by atoms with van der Waals surface area (Å²) in [5, 5.41) is 7.77. The molecule has 0 heterocycles. The van der Waals surface area contributed by atoms with E-state index in [1.165, 1.54) is 19.2 Å². The van der Waals surface area contributed by atoms with Crippen LogP contribution in [0.15, 0.2) is 29.2 Å². The molecule has 0 fully saturated rings. The predicted molar refractivity (Wildman–Crippen MR) is 83.7 cm³/mol. The summed E-state index contributed by atoms with van der Waals surface area (Å²) in [6, 6.07) is 5.66. The molecular formula is C13H18N2O5S2. The molecule has 0 bridgehead atoms. The summed E-state index contributed by atoms with van der Waals surface area (Å²) in [6.07, 6.45) is 0. The van der Waals surface area contributed by atoms with Crippen molar-refractivity contribution in [2.45, 2.75) is 17.9 Å². The minimum Gasteiger partial charge on any atom is -0.468 e. The number of hydrogen-bond donors (Lipinski definition) is 2. The molecule has 1 aromatic carbocycles. The van der Waals surface area contributed by atoms with Gasteiger partial charge in [-0.3, -0.25) is 9.59 Å². The van der Waals surface area contributed by atoms with Gasteiger partial charge in [0.1, 0.15) is 0 Å². The zero-order chi connectivity index (χ0) is 16.8. The molecule has 0 aliphatic carbocycles. The summed E-state index contributed by atoms with van der Waals surface area (Å²) < 4.78 is 26.8. The Balaban J connectivity index is 2.52. The number of nitrogens with two attached hydrogens (primary N) is 1. The van der Waals surface area contributed by atoms with Crippen LogP contribution in [0.25, 0.3) is 0 Å². The van der Waals surface area contributed by atoms with Crippen LogP contribution < -0.4 is 10.5 Å². The molecule has 0 saturated heterocycles. The second-order valence-electron chi connectivity index (χ2n) is 4.47. The second kappa shape index (κ2) is 8.16. The van der Waals surface area contributed by atoms with Gasteiger partial charge in [0.25, 0.3) is 0 Å². The number of esters is 1. The van der Waals surface area contributed by atoms with Crippen molar-refractivity contribution in [1.29, 1.82) is 0 Å². The normalized spacial score (nSPS) is 12.5. The summed E-state index contributed by atoms with van der Waals surface area (Å²) in [5.41, 5.74) is 0.749. The first-order valence-electron chi connectivity index (χ1n) is 6.30. The minimum atomic E-state index is -3.73. The van der Waals surface area contributed by atoms with Gasteiger partial charge in [-0.2, -0.15) is 0 Å². The van der Waals surface area contributed by atoms with E-state index in [0.717, 1.165) is 17.3 Å².